The molecular weight excluding hydrogens is 418 g/mol. The maximum atomic E-state index is 13.1. The first-order valence-corrected chi connectivity index (χ1v) is 11.6. The molecule has 33 heavy (non-hydrogen) atoms. The summed E-state index contributed by atoms with van der Waals surface area (Å²) in [6.45, 7) is 2.81. The zero-order valence-electron chi connectivity index (χ0n) is 18.6. The first kappa shape index (κ1) is 20.2. The zero-order chi connectivity index (χ0) is 22.4. The largest absolute Gasteiger partial charge is 0.491 e. The summed E-state index contributed by atoms with van der Waals surface area (Å²) < 4.78 is 9.81. The molecule has 4 aromatic rings. The number of aromatic nitrogens is 5. The summed E-state index contributed by atoms with van der Waals surface area (Å²) >= 11 is 0. The number of anilines is 1. The first-order valence-electron chi connectivity index (χ1n) is 11.6. The Hall–Kier alpha value is -3.46. The number of benzene rings is 1. The van der Waals surface area contributed by atoms with Crippen LogP contribution < -0.4 is 10.1 Å². The van der Waals surface area contributed by atoms with Crippen LogP contribution in [-0.2, 0) is 0 Å². The number of amides is 1. The quantitative estimate of drug-likeness (QED) is 0.489. The number of ether oxygens (including phenoxy) is 1. The summed E-state index contributed by atoms with van der Waals surface area (Å²) in [4.78, 5) is 19.8. The highest BCUT2D eigenvalue weighted by molar-refractivity contribution is 6.09. The van der Waals surface area contributed by atoms with E-state index in [0.29, 0.717) is 41.2 Å². The topological polar surface area (TPSA) is 89.6 Å². The lowest BCUT2D eigenvalue weighted by molar-refractivity contribution is 0.102. The van der Waals surface area contributed by atoms with Crippen molar-refractivity contribution < 1.29 is 9.53 Å². The van der Waals surface area contributed by atoms with Gasteiger partial charge >= 0.3 is 0 Å². The number of hydrogen-bond acceptors (Lipinski definition) is 6. The molecule has 1 N–H and O–H groups in total. The number of hydrogen-bond donors (Lipinski definition) is 1. The molecule has 0 unspecified atom stereocenters. The number of rotatable bonds is 6. The third-order valence-corrected chi connectivity index (χ3v) is 6.63. The summed E-state index contributed by atoms with van der Waals surface area (Å²) in [6.07, 6.45) is 11.6. The van der Waals surface area contributed by atoms with Crippen LogP contribution in [0.15, 0.2) is 43.0 Å². The second-order valence-corrected chi connectivity index (χ2v) is 9.21. The van der Waals surface area contributed by atoms with Crippen molar-refractivity contribution in [3.8, 4) is 5.75 Å². The van der Waals surface area contributed by atoms with Crippen molar-refractivity contribution in [3.05, 3.63) is 48.5 Å². The predicted octanol–water partition coefficient (Wildman–Crippen LogP) is 3.39. The van der Waals surface area contributed by atoms with Gasteiger partial charge in [-0.15, -0.1) is 0 Å². The molecule has 0 radical (unpaired) electrons. The fourth-order valence-corrected chi connectivity index (χ4v) is 4.40. The molecule has 9 heteroatoms. The number of likely N-dealkylation sites (tertiary alicyclic amines) is 1. The molecule has 1 aromatic carbocycles. The van der Waals surface area contributed by atoms with Gasteiger partial charge in [0.15, 0.2) is 5.65 Å². The number of piperidine rings is 1. The van der Waals surface area contributed by atoms with Crippen molar-refractivity contribution in [2.75, 3.05) is 32.1 Å². The highest BCUT2D eigenvalue weighted by atomic mass is 16.5. The van der Waals surface area contributed by atoms with Crippen molar-refractivity contribution in [2.24, 2.45) is 5.92 Å². The molecule has 1 aliphatic heterocycles. The van der Waals surface area contributed by atoms with Gasteiger partial charge in [-0.3, -0.25) is 9.48 Å². The molecule has 1 amide bonds. The normalized spacial score (nSPS) is 17.6. The van der Waals surface area contributed by atoms with E-state index in [4.69, 9.17) is 9.84 Å². The second kappa shape index (κ2) is 8.15. The lowest BCUT2D eigenvalue weighted by Crippen LogP contribution is -2.31. The average molecular weight is 446 g/mol. The molecule has 3 aromatic heterocycles. The van der Waals surface area contributed by atoms with E-state index >= 15 is 0 Å². The molecule has 2 fully saturated rings. The fraction of sp³-hybridized carbons (Fsp3) is 0.417. The fourth-order valence-electron chi connectivity index (χ4n) is 4.40. The molecule has 170 valence electrons. The van der Waals surface area contributed by atoms with Gasteiger partial charge in [-0.2, -0.15) is 10.2 Å². The van der Waals surface area contributed by atoms with Crippen molar-refractivity contribution in [3.63, 3.8) is 0 Å². The van der Waals surface area contributed by atoms with Crippen LogP contribution in [0.5, 0.6) is 5.75 Å². The van der Waals surface area contributed by atoms with Gasteiger partial charge in [-0.25, -0.2) is 9.50 Å². The Balaban J connectivity index is 1.32. The average Bonchev–Trinajstić information content (AvgIpc) is 3.40. The van der Waals surface area contributed by atoms with E-state index in [9.17, 15) is 4.79 Å². The van der Waals surface area contributed by atoms with Crippen LogP contribution in [-0.4, -0.2) is 61.9 Å². The van der Waals surface area contributed by atoms with Crippen LogP contribution in [0.1, 0.15) is 42.1 Å². The summed E-state index contributed by atoms with van der Waals surface area (Å²) in [5.41, 5.74) is 2.47. The Labute approximate surface area is 191 Å². The van der Waals surface area contributed by atoms with Crippen molar-refractivity contribution >= 4 is 28.1 Å². The maximum Gasteiger partial charge on any atom is 0.261 e. The zero-order valence-corrected chi connectivity index (χ0v) is 18.6. The SMILES string of the molecule is CN1CCC(n2cc3cc(NC(=O)c4cnn5cccnc45)c(OCC4CC4)cc3n2)CC1. The van der Waals surface area contributed by atoms with Crippen molar-refractivity contribution in [1.29, 1.82) is 0 Å². The van der Waals surface area contributed by atoms with Crippen LogP contribution in [0.3, 0.4) is 0 Å². The monoisotopic (exact) mass is 445 g/mol. The third kappa shape index (κ3) is 4.04. The standard InChI is InChI=1S/C24H27N7O2/c1-29-9-5-18(6-10-29)31-14-17-11-21(22(12-20(17)28-31)33-15-16-3-4-16)27-24(32)19-13-26-30-8-2-7-25-23(19)30/h2,7-8,11-14,16,18H,3-6,9-10,15H2,1H3,(H,27,32). The first-order chi connectivity index (χ1) is 16.1. The predicted molar refractivity (Wildman–Crippen MR) is 125 cm³/mol. The molecule has 1 aliphatic carbocycles. The van der Waals surface area contributed by atoms with Gasteiger partial charge in [-0.05, 0) is 63.9 Å². The van der Waals surface area contributed by atoms with E-state index in [2.05, 4.69) is 38.2 Å². The van der Waals surface area contributed by atoms with E-state index in [-0.39, 0.29) is 5.91 Å². The molecular formula is C24H27N7O2. The minimum absolute atomic E-state index is 0.262. The summed E-state index contributed by atoms with van der Waals surface area (Å²) in [7, 11) is 2.16. The Morgan fingerprint density at radius 2 is 2.06 bits per heavy atom. The highest BCUT2D eigenvalue weighted by Gasteiger charge is 2.24. The number of carbonyl (C=O) groups is 1. The molecule has 0 atom stereocenters. The molecule has 0 bridgehead atoms. The molecule has 9 nitrogen and oxygen atoms in total. The van der Waals surface area contributed by atoms with Gasteiger partial charge in [0.25, 0.3) is 5.91 Å². The van der Waals surface area contributed by atoms with E-state index in [1.165, 1.54) is 12.8 Å². The van der Waals surface area contributed by atoms with Gasteiger partial charge in [0.05, 0.1) is 30.0 Å². The Morgan fingerprint density at radius 3 is 2.88 bits per heavy atom. The number of carbonyl (C=O) groups excluding carboxylic acids is 1. The maximum absolute atomic E-state index is 13.1. The lowest BCUT2D eigenvalue weighted by atomic mass is 10.1. The minimum Gasteiger partial charge on any atom is -0.491 e. The van der Waals surface area contributed by atoms with Gasteiger partial charge in [0, 0.05) is 30.0 Å². The Bertz CT molecular complexity index is 1320. The summed E-state index contributed by atoms with van der Waals surface area (Å²) in [6, 6.07) is 6.09. The molecule has 1 saturated carbocycles. The second-order valence-electron chi connectivity index (χ2n) is 9.21. The van der Waals surface area contributed by atoms with Gasteiger partial charge in [-0.1, -0.05) is 0 Å². The van der Waals surface area contributed by atoms with E-state index in [1.807, 2.05) is 12.1 Å². The number of fused-ring (bicyclic) bond motifs is 2. The van der Waals surface area contributed by atoms with Gasteiger partial charge < -0.3 is 15.0 Å². The molecule has 2 aliphatic rings. The van der Waals surface area contributed by atoms with E-state index in [0.717, 1.165) is 36.8 Å². The highest BCUT2D eigenvalue weighted by Crippen LogP contribution is 2.35. The summed E-state index contributed by atoms with van der Waals surface area (Å²) in [5, 5.41) is 13.1. The van der Waals surface area contributed by atoms with Crippen LogP contribution in [0.4, 0.5) is 5.69 Å². The van der Waals surface area contributed by atoms with Crippen LogP contribution in [0, 0.1) is 5.92 Å². The molecule has 4 heterocycles. The third-order valence-electron chi connectivity index (χ3n) is 6.63. The summed E-state index contributed by atoms with van der Waals surface area (Å²) in [5.74, 6) is 0.993. The smallest absolute Gasteiger partial charge is 0.261 e. The van der Waals surface area contributed by atoms with Gasteiger partial charge in [0.2, 0.25) is 0 Å². The Kier molecular flexibility index (Phi) is 4.98. The van der Waals surface area contributed by atoms with E-state index in [1.54, 1.807) is 29.2 Å². The number of nitrogens with one attached hydrogen (secondary N) is 1. The minimum atomic E-state index is -0.262. The molecule has 0 spiro atoms. The van der Waals surface area contributed by atoms with Crippen LogP contribution in [0.25, 0.3) is 16.6 Å². The van der Waals surface area contributed by atoms with Crippen molar-refractivity contribution in [2.45, 2.75) is 31.7 Å². The van der Waals surface area contributed by atoms with Crippen LogP contribution in [0.2, 0.25) is 0 Å². The van der Waals surface area contributed by atoms with Crippen molar-refractivity contribution in [1.82, 2.24) is 29.3 Å². The van der Waals surface area contributed by atoms with E-state index < -0.39 is 0 Å². The number of nitrogens with zero attached hydrogens (tertiary/aromatic N) is 6. The molecule has 1 saturated heterocycles. The molecule has 6 rings (SSSR count). The van der Waals surface area contributed by atoms with Gasteiger partial charge in [0.1, 0.15) is 11.3 Å². The lowest BCUT2D eigenvalue weighted by Gasteiger charge is -2.28. The Morgan fingerprint density at radius 1 is 1.21 bits per heavy atom. The van der Waals surface area contributed by atoms with Crippen LogP contribution >= 0.6 is 0 Å².